The van der Waals surface area contributed by atoms with Gasteiger partial charge in [0.2, 0.25) is 0 Å². The van der Waals surface area contributed by atoms with Gasteiger partial charge in [-0.25, -0.2) is 0 Å². The average Bonchev–Trinajstić information content (AvgIpc) is 3.20. The zero-order valence-corrected chi connectivity index (χ0v) is 23.4. The van der Waals surface area contributed by atoms with E-state index < -0.39 is 28.6 Å². The summed E-state index contributed by atoms with van der Waals surface area (Å²) in [7, 11) is -0.996. The van der Waals surface area contributed by atoms with E-state index in [0.29, 0.717) is 0 Å². The molecule has 2 aromatic carbocycles. The Hall–Kier alpha value is -0.0740. The van der Waals surface area contributed by atoms with Gasteiger partial charge in [-0.2, -0.15) is 0 Å². The summed E-state index contributed by atoms with van der Waals surface area (Å²) in [6.45, 7) is 7.07. The molecule has 2 aliphatic carbocycles. The third-order valence-electron chi connectivity index (χ3n) is 5.74. The second-order valence-electron chi connectivity index (χ2n) is 8.80. The Morgan fingerprint density at radius 3 is 1.79 bits per heavy atom. The van der Waals surface area contributed by atoms with Crippen LogP contribution in [0.3, 0.4) is 0 Å². The molecule has 0 aliphatic heterocycles. The van der Waals surface area contributed by atoms with Crippen LogP contribution in [0.4, 0.5) is 0 Å². The fourth-order valence-corrected chi connectivity index (χ4v) is 33.9. The molecule has 28 heavy (non-hydrogen) atoms. The van der Waals surface area contributed by atoms with E-state index in [9.17, 15) is 0 Å². The van der Waals surface area contributed by atoms with Crippen molar-refractivity contribution in [2.75, 3.05) is 0 Å². The van der Waals surface area contributed by atoms with E-state index in [4.69, 9.17) is 0 Å². The number of halogens is 2. The maximum Gasteiger partial charge on any atom is -1.00 e. The molecule has 146 valence electrons. The molecule has 0 saturated heterocycles. The first-order chi connectivity index (χ1) is 12.4. The molecule has 0 amide bonds. The molecule has 0 unspecified atom stereocenters. The van der Waals surface area contributed by atoms with Crippen molar-refractivity contribution in [3.63, 3.8) is 0 Å². The van der Waals surface area contributed by atoms with Gasteiger partial charge in [-0.15, -0.1) is 0 Å². The van der Waals surface area contributed by atoms with Crippen LogP contribution in [-0.4, -0.2) is 9.98 Å². The van der Waals surface area contributed by atoms with Crippen LogP contribution in [0, 0.1) is 5.41 Å². The summed E-state index contributed by atoms with van der Waals surface area (Å²) in [5, 5.41) is 0. The van der Waals surface area contributed by atoms with Gasteiger partial charge in [-0.1, -0.05) is 0 Å². The summed E-state index contributed by atoms with van der Waals surface area (Å²) in [6.07, 6.45) is 6.41. The number of fused-ring (bicyclic) bond motifs is 3. The van der Waals surface area contributed by atoms with Crippen LogP contribution in [0.5, 0.6) is 0 Å². The van der Waals surface area contributed by atoms with Crippen LogP contribution in [0.15, 0.2) is 69.5 Å². The first-order valence-electron chi connectivity index (χ1n) is 9.65. The fraction of sp³-hybridized carbons (Fsp3) is 0.333. The van der Waals surface area contributed by atoms with Crippen molar-refractivity contribution in [1.29, 1.82) is 0 Å². The van der Waals surface area contributed by atoms with Gasteiger partial charge in [-0.05, 0) is 0 Å². The minimum atomic E-state index is -1.74. The number of hydrogen-bond donors (Lipinski definition) is 0. The molecule has 2 aliphatic rings. The molecule has 4 heteroatoms. The minimum Gasteiger partial charge on any atom is -1.00 e. The molecule has 4 rings (SSSR count). The van der Waals surface area contributed by atoms with Crippen molar-refractivity contribution < 1.29 is 43.4 Å². The van der Waals surface area contributed by atoms with Crippen molar-refractivity contribution in [2.45, 2.75) is 42.3 Å². The molecule has 0 nitrogen and oxygen atoms in total. The van der Waals surface area contributed by atoms with Crippen molar-refractivity contribution in [3.8, 4) is 11.1 Å². The number of hydrogen-bond acceptors (Lipinski definition) is 0. The van der Waals surface area contributed by atoms with Gasteiger partial charge < -0.3 is 24.8 Å². The van der Waals surface area contributed by atoms with Crippen LogP contribution in [-0.2, 0) is 18.6 Å². The summed E-state index contributed by atoms with van der Waals surface area (Å²) >= 11 is -1.74. The van der Waals surface area contributed by atoms with Crippen molar-refractivity contribution in [3.05, 3.63) is 80.7 Å². The molecule has 0 heterocycles. The Kier molecular flexibility index (Phi) is 8.11. The van der Waals surface area contributed by atoms with E-state index in [1.54, 1.807) is 16.7 Å². The molecule has 2 aromatic rings. The average molecular weight is 551 g/mol. The van der Waals surface area contributed by atoms with Gasteiger partial charge >= 0.3 is 168 Å². The standard InChI is InChI=1S/C13H9.C9H13.C2H6Ge.2ClH.Zr/c1-3-7-12-10(5-1)9-11-6-2-4-8-13(11)12;1-9(2,3)8-6-4-5-7-8;1-3-2;;;/h1-9H;6-7H,4H2,1-3H3;1-2H3;2*1H;/q;;;;;+2/p-2. The Morgan fingerprint density at radius 2 is 1.36 bits per heavy atom. The summed E-state index contributed by atoms with van der Waals surface area (Å²) < 4.78 is 2.63. The smallest absolute Gasteiger partial charge is 1.00 e. The van der Waals surface area contributed by atoms with Gasteiger partial charge in [0.15, 0.2) is 0 Å². The van der Waals surface area contributed by atoms with E-state index in [0.717, 1.165) is 3.63 Å². The quantitative estimate of drug-likeness (QED) is 0.487. The monoisotopic (exact) mass is 550 g/mol. The van der Waals surface area contributed by atoms with E-state index in [2.05, 4.69) is 93.0 Å². The van der Waals surface area contributed by atoms with E-state index >= 15 is 0 Å². The molecule has 0 radical (unpaired) electrons. The molecular formula is C24H28Cl2GeZr. The van der Waals surface area contributed by atoms with Crippen molar-refractivity contribution >= 4 is 9.98 Å². The van der Waals surface area contributed by atoms with Crippen LogP contribution >= 0.6 is 0 Å². The predicted molar refractivity (Wildman–Crippen MR) is 111 cm³/mol. The van der Waals surface area contributed by atoms with Crippen molar-refractivity contribution in [1.82, 2.24) is 0 Å². The Balaban J connectivity index is 0.00000140. The first-order valence-corrected chi connectivity index (χ1v) is 23.9. The summed E-state index contributed by atoms with van der Waals surface area (Å²) in [5.41, 5.74) is 8.15. The Bertz CT molecular complexity index is 931. The van der Waals surface area contributed by atoms with Crippen LogP contribution in [0.25, 0.3) is 11.1 Å². The maximum atomic E-state index is 2.65. The van der Waals surface area contributed by atoms with E-state index in [1.807, 2.05) is 3.28 Å². The zero-order valence-electron chi connectivity index (χ0n) is 17.3. The van der Waals surface area contributed by atoms with E-state index in [1.165, 1.54) is 17.5 Å². The Labute approximate surface area is 191 Å². The van der Waals surface area contributed by atoms with Crippen LogP contribution < -0.4 is 24.8 Å². The third kappa shape index (κ3) is 4.34. The molecule has 0 aromatic heterocycles. The number of rotatable bonds is 2. The summed E-state index contributed by atoms with van der Waals surface area (Å²) in [6, 6.07) is 18.5. The Morgan fingerprint density at radius 1 is 0.857 bits per heavy atom. The second kappa shape index (κ2) is 9.38. The minimum absolute atomic E-state index is 0. The largest absolute Gasteiger partial charge is 1.00 e. The zero-order chi connectivity index (χ0) is 18.5. The molecule has 0 spiro atoms. The number of benzene rings is 2. The molecular weight excluding hydrogens is 523 g/mol. The van der Waals surface area contributed by atoms with Crippen molar-refractivity contribution in [2.24, 2.45) is 5.41 Å². The molecule has 0 N–H and O–H groups in total. The topological polar surface area (TPSA) is 0 Å². The van der Waals surface area contributed by atoms with E-state index in [-0.39, 0.29) is 30.2 Å². The van der Waals surface area contributed by atoms with Gasteiger partial charge in [0.25, 0.3) is 0 Å². The normalized spacial score (nSPS) is 14.6. The molecule has 0 fully saturated rings. The number of allylic oxidation sites excluding steroid dienone is 4. The molecule has 0 atom stereocenters. The molecule has 0 bridgehead atoms. The van der Waals surface area contributed by atoms with Gasteiger partial charge in [0, 0.05) is 0 Å². The van der Waals surface area contributed by atoms with Gasteiger partial charge in [0.1, 0.15) is 0 Å². The van der Waals surface area contributed by atoms with Gasteiger partial charge in [-0.3, -0.25) is 0 Å². The van der Waals surface area contributed by atoms with Crippen LogP contribution in [0.2, 0.25) is 11.5 Å². The van der Waals surface area contributed by atoms with Gasteiger partial charge in [0.05, 0.1) is 0 Å². The summed E-state index contributed by atoms with van der Waals surface area (Å²) in [5.74, 6) is 5.29. The predicted octanol–water partition coefficient (Wildman–Crippen LogP) is 0.894. The third-order valence-corrected chi connectivity index (χ3v) is 34.8. The van der Waals surface area contributed by atoms with Crippen LogP contribution in [0.1, 0.15) is 41.9 Å². The first kappa shape index (κ1) is 24.2. The summed E-state index contributed by atoms with van der Waals surface area (Å²) in [4.78, 5) is 0. The second-order valence-corrected chi connectivity index (χ2v) is 37.5. The molecule has 0 saturated carbocycles. The fourth-order valence-electron chi connectivity index (χ4n) is 4.50. The SMILES string of the molecule is [CH3][Ge]([CH3])=[Zr+2]([C]1=CC(C(C)(C)C)=CC1)[CH]1c2ccccc2-c2ccccc21.[Cl-].[Cl-]. The maximum absolute atomic E-state index is 2.65.